The maximum Gasteiger partial charge on any atom is 0.411 e. The molecule has 12 heteroatoms. The first kappa shape index (κ1) is 33.0. The van der Waals surface area contributed by atoms with Gasteiger partial charge in [-0.25, -0.2) is 9.78 Å². The zero-order chi connectivity index (χ0) is 32.6. The lowest BCUT2D eigenvalue weighted by atomic mass is 10.1. The third-order valence-electron chi connectivity index (χ3n) is 8.70. The van der Waals surface area contributed by atoms with E-state index in [1.807, 2.05) is 52.7 Å². The highest BCUT2D eigenvalue weighted by Crippen LogP contribution is 2.35. The van der Waals surface area contributed by atoms with Crippen LogP contribution < -0.4 is 10.6 Å². The fourth-order valence-electron chi connectivity index (χ4n) is 5.86. The summed E-state index contributed by atoms with van der Waals surface area (Å²) >= 11 is 2.87. The van der Waals surface area contributed by atoms with Crippen LogP contribution in [0.4, 0.5) is 9.93 Å². The fourth-order valence-corrected chi connectivity index (χ4v) is 8.03. The Kier molecular flexibility index (Phi) is 11.1. The van der Waals surface area contributed by atoms with Crippen LogP contribution in [0.3, 0.4) is 0 Å². The van der Waals surface area contributed by atoms with Crippen molar-refractivity contribution in [2.24, 2.45) is 0 Å². The second-order valence-electron chi connectivity index (χ2n) is 12.3. The summed E-state index contributed by atoms with van der Waals surface area (Å²) in [6, 6.07) is 16.3. The molecule has 6 rings (SSSR count). The van der Waals surface area contributed by atoms with Gasteiger partial charge in [-0.1, -0.05) is 48.9 Å². The number of carbonyl (C=O) groups is 4. The van der Waals surface area contributed by atoms with E-state index >= 15 is 0 Å². The van der Waals surface area contributed by atoms with Gasteiger partial charge in [0.1, 0.15) is 12.6 Å². The van der Waals surface area contributed by atoms with Gasteiger partial charge in [0, 0.05) is 47.8 Å². The number of hydrogen-bond donors (Lipinski definition) is 2. The van der Waals surface area contributed by atoms with Crippen molar-refractivity contribution in [1.82, 2.24) is 20.1 Å². The number of benzene rings is 2. The molecule has 4 amide bonds. The van der Waals surface area contributed by atoms with E-state index in [9.17, 15) is 19.2 Å². The van der Waals surface area contributed by atoms with Crippen LogP contribution in [0.2, 0.25) is 0 Å². The molecule has 0 spiro atoms. The van der Waals surface area contributed by atoms with Gasteiger partial charge in [0.2, 0.25) is 11.8 Å². The third-order valence-corrected chi connectivity index (χ3v) is 10.8. The average Bonchev–Trinajstić information content (AvgIpc) is 3.62. The van der Waals surface area contributed by atoms with E-state index in [0.29, 0.717) is 41.0 Å². The van der Waals surface area contributed by atoms with Crippen LogP contribution in [0.1, 0.15) is 73.7 Å². The quantitative estimate of drug-likeness (QED) is 0.217. The number of anilines is 1. The van der Waals surface area contributed by atoms with Crippen LogP contribution in [0.25, 0.3) is 11.3 Å². The van der Waals surface area contributed by atoms with E-state index in [0.717, 1.165) is 62.7 Å². The van der Waals surface area contributed by atoms with Crippen molar-refractivity contribution in [2.75, 3.05) is 24.2 Å². The molecule has 0 bridgehead atoms. The van der Waals surface area contributed by atoms with Crippen molar-refractivity contribution in [2.45, 2.75) is 81.9 Å². The van der Waals surface area contributed by atoms with Gasteiger partial charge in [0.25, 0.3) is 5.91 Å². The largest absolute Gasteiger partial charge is 0.445 e. The molecule has 1 unspecified atom stereocenters. The number of thiazole rings is 1. The van der Waals surface area contributed by atoms with Crippen LogP contribution in [0.5, 0.6) is 0 Å². The van der Waals surface area contributed by atoms with Gasteiger partial charge in [-0.05, 0) is 62.6 Å². The molecule has 3 heterocycles. The highest BCUT2D eigenvalue weighted by molar-refractivity contribution is 8.00. The highest BCUT2D eigenvalue weighted by Gasteiger charge is 2.42. The molecular weight excluding hydrogens is 635 g/mol. The number of ether oxygens (including phenoxy) is 1. The first-order valence-electron chi connectivity index (χ1n) is 16.5. The molecule has 0 radical (unpaired) electrons. The number of aromatic nitrogens is 1. The Morgan fingerprint density at radius 3 is 2.45 bits per heavy atom. The molecule has 3 aliphatic rings. The van der Waals surface area contributed by atoms with E-state index in [1.165, 1.54) is 17.8 Å². The molecular formula is C35H41N5O5S2. The zero-order valence-electron chi connectivity index (χ0n) is 26.4. The van der Waals surface area contributed by atoms with Crippen LogP contribution >= 0.6 is 23.1 Å². The second kappa shape index (κ2) is 15.8. The van der Waals surface area contributed by atoms with Gasteiger partial charge in [-0.15, -0.1) is 23.1 Å². The number of rotatable bonds is 12. The van der Waals surface area contributed by atoms with Gasteiger partial charge < -0.3 is 20.3 Å². The first-order valence-corrected chi connectivity index (χ1v) is 18.4. The number of amides is 4. The van der Waals surface area contributed by atoms with E-state index in [-0.39, 0.29) is 29.7 Å². The summed E-state index contributed by atoms with van der Waals surface area (Å²) in [6.45, 7) is 1.81. The Bertz CT molecular complexity index is 1540. The zero-order valence-corrected chi connectivity index (χ0v) is 28.0. The van der Waals surface area contributed by atoms with E-state index in [1.54, 1.807) is 28.8 Å². The lowest BCUT2D eigenvalue weighted by molar-refractivity contribution is -0.132. The van der Waals surface area contributed by atoms with Crippen LogP contribution in [0, 0.1) is 0 Å². The maximum absolute atomic E-state index is 13.6. The Morgan fingerprint density at radius 2 is 1.70 bits per heavy atom. The van der Waals surface area contributed by atoms with Gasteiger partial charge >= 0.3 is 6.09 Å². The topological polar surface area (TPSA) is 121 Å². The Balaban J connectivity index is 1.06. The molecule has 10 nitrogen and oxygen atoms in total. The molecule has 47 heavy (non-hydrogen) atoms. The number of carbonyl (C=O) groups excluding carboxylic acids is 4. The van der Waals surface area contributed by atoms with Crippen molar-refractivity contribution >= 4 is 52.0 Å². The number of likely N-dealkylation sites (tertiary alicyclic amines) is 1. The summed E-state index contributed by atoms with van der Waals surface area (Å²) in [6.07, 6.45) is 7.55. The SMILES string of the molecule is O=C(NC1CC1)c1ccc(-c2csc(NC(=O)[C@@H]3CSC(CCCCC(=O)N4CCCCC4)N3C(=O)OCc3ccccc3)n2)cc1. The Hall–Kier alpha value is -3.90. The maximum atomic E-state index is 13.6. The Labute approximate surface area is 283 Å². The molecule has 2 aromatic carbocycles. The van der Waals surface area contributed by atoms with E-state index in [4.69, 9.17) is 4.74 Å². The number of thioether (sulfide) groups is 1. The van der Waals surface area contributed by atoms with Crippen LogP contribution in [-0.2, 0) is 20.9 Å². The third kappa shape index (κ3) is 8.92. The molecule has 2 saturated heterocycles. The number of nitrogens with one attached hydrogen (secondary N) is 2. The molecule has 2 aliphatic heterocycles. The normalized spacial score (nSPS) is 19.3. The van der Waals surface area contributed by atoms with Crippen molar-refractivity contribution in [3.05, 3.63) is 71.1 Å². The molecule has 3 aromatic rings. The predicted octanol–water partition coefficient (Wildman–Crippen LogP) is 6.29. The summed E-state index contributed by atoms with van der Waals surface area (Å²) in [7, 11) is 0. The van der Waals surface area contributed by atoms with Crippen LogP contribution in [0.15, 0.2) is 60.0 Å². The average molecular weight is 676 g/mol. The highest BCUT2D eigenvalue weighted by atomic mass is 32.2. The summed E-state index contributed by atoms with van der Waals surface area (Å²) in [5.74, 6) is 0.255. The molecule has 1 saturated carbocycles. The van der Waals surface area contributed by atoms with Gasteiger partial charge in [0.15, 0.2) is 5.13 Å². The minimum atomic E-state index is -0.722. The smallest absolute Gasteiger partial charge is 0.411 e. The molecule has 2 N–H and O–H groups in total. The van der Waals surface area contributed by atoms with E-state index in [2.05, 4.69) is 15.6 Å². The van der Waals surface area contributed by atoms with Gasteiger partial charge in [-0.2, -0.15) is 0 Å². The lowest BCUT2D eigenvalue weighted by Gasteiger charge is -2.28. The Morgan fingerprint density at radius 1 is 0.936 bits per heavy atom. The lowest BCUT2D eigenvalue weighted by Crippen LogP contribution is -2.47. The van der Waals surface area contributed by atoms with E-state index < -0.39 is 12.1 Å². The first-order chi connectivity index (χ1) is 22.9. The number of unbranched alkanes of at least 4 members (excludes halogenated alkanes) is 1. The molecule has 1 aliphatic carbocycles. The van der Waals surface area contributed by atoms with Crippen molar-refractivity contribution in [1.29, 1.82) is 0 Å². The van der Waals surface area contributed by atoms with Crippen molar-refractivity contribution in [3.8, 4) is 11.3 Å². The summed E-state index contributed by atoms with van der Waals surface area (Å²) < 4.78 is 5.70. The number of piperidine rings is 1. The summed E-state index contributed by atoms with van der Waals surface area (Å²) in [5.41, 5.74) is 3.00. The fraction of sp³-hybridized carbons (Fsp3) is 0.457. The summed E-state index contributed by atoms with van der Waals surface area (Å²) in [5, 5.41) is 7.97. The number of nitrogens with zero attached hydrogens (tertiary/aromatic N) is 3. The second-order valence-corrected chi connectivity index (χ2v) is 14.4. The minimum Gasteiger partial charge on any atom is -0.445 e. The summed E-state index contributed by atoms with van der Waals surface area (Å²) in [4.78, 5) is 60.2. The number of hydrogen-bond acceptors (Lipinski definition) is 8. The minimum absolute atomic E-state index is 0.0733. The van der Waals surface area contributed by atoms with Crippen molar-refractivity contribution in [3.63, 3.8) is 0 Å². The molecule has 2 atom stereocenters. The van der Waals surface area contributed by atoms with Crippen molar-refractivity contribution < 1.29 is 23.9 Å². The molecule has 248 valence electrons. The standard InChI is InChI=1S/C35H41N5O5S2/c41-30(39-19-7-2-8-20-39)11-5-6-12-31-40(35(44)45-21-24-9-3-1-4-10-24)29(23-46-31)33(43)38-34-37-28(22-47-34)25-13-15-26(16-14-25)32(42)36-27-17-18-27/h1,3-4,9-10,13-16,22,27,29,31H,2,5-8,11-12,17-21,23H2,(H,36,42)(H,37,38,43)/t29-,31?/m0/s1. The molecule has 1 aromatic heterocycles. The monoisotopic (exact) mass is 675 g/mol. The van der Waals surface area contributed by atoms with Gasteiger partial charge in [0.05, 0.1) is 11.1 Å². The molecule has 3 fully saturated rings. The van der Waals surface area contributed by atoms with Gasteiger partial charge in [-0.3, -0.25) is 19.3 Å². The predicted molar refractivity (Wildman–Crippen MR) is 184 cm³/mol. The van der Waals surface area contributed by atoms with Crippen LogP contribution in [-0.4, -0.2) is 74.9 Å².